The second kappa shape index (κ2) is 6.04. The Labute approximate surface area is 120 Å². The van der Waals surface area contributed by atoms with Gasteiger partial charge in [-0.05, 0) is 42.2 Å². The molecule has 1 fully saturated rings. The SMILES string of the molecule is C.CCC(NCc1ccccn1)[C@]1(C)CCC1(C)C.[HH]. The molecule has 1 heterocycles. The normalized spacial score (nSPS) is 26.1. The first-order chi connectivity index (χ1) is 8.49. The van der Waals surface area contributed by atoms with Gasteiger partial charge in [-0.15, -0.1) is 0 Å². The topological polar surface area (TPSA) is 24.9 Å². The molecule has 2 rings (SSSR count). The number of nitrogens with one attached hydrogen (secondary N) is 1. The monoisotopic (exact) mass is 264 g/mol. The number of nitrogens with zero attached hydrogens (tertiary/aromatic N) is 1. The molecule has 1 aromatic rings. The summed E-state index contributed by atoms with van der Waals surface area (Å²) >= 11 is 0. The lowest BCUT2D eigenvalue weighted by atomic mass is 9.49. The highest BCUT2D eigenvalue weighted by atomic mass is 15.0. The minimum absolute atomic E-state index is 0. The summed E-state index contributed by atoms with van der Waals surface area (Å²) in [5.74, 6) is 0. The Morgan fingerprint density at radius 2 is 2.05 bits per heavy atom. The summed E-state index contributed by atoms with van der Waals surface area (Å²) in [6.07, 6.45) is 5.75. The lowest BCUT2D eigenvalue weighted by Crippen LogP contribution is -2.57. The lowest BCUT2D eigenvalue weighted by Gasteiger charge is -2.58. The molecule has 1 aromatic heterocycles. The lowest BCUT2D eigenvalue weighted by molar-refractivity contribution is -0.0678. The maximum Gasteiger partial charge on any atom is 0.0541 e. The number of hydrogen-bond acceptors (Lipinski definition) is 2. The molecule has 0 spiro atoms. The van der Waals surface area contributed by atoms with Gasteiger partial charge in [0.25, 0.3) is 0 Å². The predicted molar refractivity (Wildman–Crippen MR) is 85.1 cm³/mol. The molecule has 0 aromatic carbocycles. The van der Waals surface area contributed by atoms with Crippen molar-refractivity contribution >= 4 is 0 Å². The van der Waals surface area contributed by atoms with Crippen LogP contribution in [0.3, 0.4) is 0 Å². The van der Waals surface area contributed by atoms with Gasteiger partial charge in [0.05, 0.1) is 5.69 Å². The van der Waals surface area contributed by atoms with E-state index in [-0.39, 0.29) is 8.85 Å². The van der Waals surface area contributed by atoms with Crippen LogP contribution in [0.5, 0.6) is 0 Å². The molecule has 1 aliphatic carbocycles. The molecular weight excluding hydrogens is 232 g/mol. The van der Waals surface area contributed by atoms with Crippen molar-refractivity contribution in [2.24, 2.45) is 10.8 Å². The van der Waals surface area contributed by atoms with Crippen LogP contribution in [-0.4, -0.2) is 11.0 Å². The van der Waals surface area contributed by atoms with Gasteiger partial charge in [0.1, 0.15) is 0 Å². The minimum Gasteiger partial charge on any atom is -0.308 e. The van der Waals surface area contributed by atoms with Gasteiger partial charge in [-0.25, -0.2) is 0 Å². The van der Waals surface area contributed by atoms with Gasteiger partial charge in [0.2, 0.25) is 0 Å². The van der Waals surface area contributed by atoms with Crippen LogP contribution in [0.4, 0.5) is 0 Å². The second-order valence-electron chi connectivity index (χ2n) is 6.46. The molecule has 1 aliphatic rings. The van der Waals surface area contributed by atoms with Crippen LogP contribution in [0, 0.1) is 10.8 Å². The van der Waals surface area contributed by atoms with Crippen LogP contribution >= 0.6 is 0 Å². The predicted octanol–water partition coefficient (Wildman–Crippen LogP) is 4.66. The molecule has 0 saturated heterocycles. The molecule has 0 bridgehead atoms. The van der Waals surface area contributed by atoms with Crippen LogP contribution in [0.1, 0.15) is 61.5 Å². The average molecular weight is 264 g/mol. The smallest absolute Gasteiger partial charge is 0.0541 e. The highest BCUT2D eigenvalue weighted by molar-refractivity contribution is 5.07. The third kappa shape index (κ3) is 3.00. The van der Waals surface area contributed by atoms with Crippen molar-refractivity contribution in [1.29, 1.82) is 0 Å². The Kier molecular flexibility index (Phi) is 5.14. The Bertz CT molecular complexity index is 391. The molecule has 0 radical (unpaired) electrons. The Balaban J connectivity index is 0.00000180. The van der Waals surface area contributed by atoms with Crippen molar-refractivity contribution in [3.63, 3.8) is 0 Å². The molecule has 0 amide bonds. The number of hydrogen-bond donors (Lipinski definition) is 1. The van der Waals surface area contributed by atoms with Crippen molar-refractivity contribution in [3.8, 4) is 0 Å². The molecule has 2 nitrogen and oxygen atoms in total. The summed E-state index contributed by atoms with van der Waals surface area (Å²) in [4.78, 5) is 4.38. The maximum atomic E-state index is 4.38. The van der Waals surface area contributed by atoms with Gasteiger partial charge >= 0.3 is 0 Å². The largest absolute Gasteiger partial charge is 0.308 e. The van der Waals surface area contributed by atoms with E-state index in [1.54, 1.807) is 0 Å². The van der Waals surface area contributed by atoms with E-state index in [1.807, 2.05) is 12.3 Å². The van der Waals surface area contributed by atoms with E-state index in [9.17, 15) is 0 Å². The average Bonchev–Trinajstić information content (AvgIpc) is 2.39. The summed E-state index contributed by atoms with van der Waals surface area (Å²) in [7, 11) is 0. The molecule has 2 heteroatoms. The minimum atomic E-state index is 0. The molecule has 1 saturated carbocycles. The highest BCUT2D eigenvalue weighted by Gasteiger charge is 2.52. The molecule has 0 aliphatic heterocycles. The number of pyridine rings is 1. The Hall–Kier alpha value is -0.890. The fraction of sp³-hybridized carbons (Fsp3) is 0.706. The van der Waals surface area contributed by atoms with Crippen LogP contribution in [0.15, 0.2) is 24.4 Å². The first-order valence-corrected chi connectivity index (χ1v) is 7.13. The quantitative estimate of drug-likeness (QED) is 0.836. The molecule has 1 unspecified atom stereocenters. The molecule has 19 heavy (non-hydrogen) atoms. The number of rotatable bonds is 5. The van der Waals surface area contributed by atoms with Gasteiger partial charge in [-0.3, -0.25) is 4.98 Å². The van der Waals surface area contributed by atoms with Gasteiger partial charge in [-0.2, -0.15) is 0 Å². The van der Waals surface area contributed by atoms with Crippen molar-refractivity contribution in [2.75, 3.05) is 0 Å². The standard InChI is InChI=1S/C16H26N2.CH4.H2/c1-5-14(16(4)10-9-15(16,2)3)18-12-13-8-6-7-11-17-13;;/h6-8,11,14,18H,5,9-10,12H2,1-4H3;1H4;1H/t14?,16-;;/m0../s1. The van der Waals surface area contributed by atoms with Crippen LogP contribution in [-0.2, 0) is 6.54 Å². The summed E-state index contributed by atoms with van der Waals surface area (Å²) in [5, 5.41) is 3.72. The molecule has 1 N–H and O–H groups in total. The van der Waals surface area contributed by atoms with E-state index in [4.69, 9.17) is 0 Å². The van der Waals surface area contributed by atoms with Crippen LogP contribution < -0.4 is 5.32 Å². The number of aromatic nitrogens is 1. The summed E-state index contributed by atoms with van der Waals surface area (Å²) < 4.78 is 0. The van der Waals surface area contributed by atoms with Gasteiger partial charge in [0, 0.05) is 20.2 Å². The van der Waals surface area contributed by atoms with Crippen LogP contribution in [0.2, 0.25) is 0 Å². The molecule has 2 atom stereocenters. The highest BCUT2D eigenvalue weighted by Crippen LogP contribution is 2.58. The van der Waals surface area contributed by atoms with Gasteiger partial charge in [0.15, 0.2) is 0 Å². The van der Waals surface area contributed by atoms with E-state index in [0.717, 1.165) is 12.2 Å². The van der Waals surface area contributed by atoms with E-state index < -0.39 is 0 Å². The van der Waals surface area contributed by atoms with E-state index in [2.05, 4.69) is 50.1 Å². The summed E-state index contributed by atoms with van der Waals surface area (Å²) in [5.41, 5.74) is 2.03. The van der Waals surface area contributed by atoms with E-state index in [1.165, 1.54) is 19.3 Å². The third-order valence-corrected chi connectivity index (χ3v) is 5.25. The fourth-order valence-electron chi connectivity index (χ4n) is 3.22. The van der Waals surface area contributed by atoms with Gasteiger partial charge in [-0.1, -0.05) is 41.2 Å². The van der Waals surface area contributed by atoms with Crippen molar-refractivity contribution < 1.29 is 1.43 Å². The van der Waals surface area contributed by atoms with Crippen molar-refractivity contribution in [2.45, 2.75) is 67.0 Å². The van der Waals surface area contributed by atoms with E-state index >= 15 is 0 Å². The van der Waals surface area contributed by atoms with Crippen molar-refractivity contribution in [1.82, 2.24) is 10.3 Å². The molecule has 110 valence electrons. The fourth-order valence-corrected chi connectivity index (χ4v) is 3.22. The zero-order valence-electron chi connectivity index (χ0n) is 12.2. The Morgan fingerprint density at radius 3 is 2.47 bits per heavy atom. The molecular formula is C17H32N2. The zero-order chi connectivity index (χ0) is 13.2. The van der Waals surface area contributed by atoms with Crippen LogP contribution in [0.25, 0.3) is 0 Å². The van der Waals surface area contributed by atoms with Gasteiger partial charge < -0.3 is 5.32 Å². The summed E-state index contributed by atoms with van der Waals surface area (Å²) in [6, 6.07) is 6.70. The first kappa shape index (κ1) is 16.2. The maximum absolute atomic E-state index is 4.38. The van der Waals surface area contributed by atoms with Crippen molar-refractivity contribution in [3.05, 3.63) is 30.1 Å². The first-order valence-electron chi connectivity index (χ1n) is 7.13. The second-order valence-corrected chi connectivity index (χ2v) is 6.46. The van der Waals surface area contributed by atoms with E-state index in [0.29, 0.717) is 16.9 Å². The summed E-state index contributed by atoms with van der Waals surface area (Å²) in [6.45, 7) is 10.4. The zero-order valence-corrected chi connectivity index (χ0v) is 12.2. The Morgan fingerprint density at radius 1 is 1.32 bits per heavy atom. The third-order valence-electron chi connectivity index (χ3n) is 5.25.